The Morgan fingerprint density at radius 2 is 1.93 bits per heavy atom. The first-order valence-corrected chi connectivity index (χ1v) is 10.8. The van der Waals surface area contributed by atoms with Crippen molar-refractivity contribution in [3.63, 3.8) is 0 Å². The van der Waals surface area contributed by atoms with Crippen molar-refractivity contribution in [2.24, 2.45) is 23.7 Å². The van der Waals surface area contributed by atoms with Crippen molar-refractivity contribution in [1.29, 1.82) is 0 Å². The lowest BCUT2D eigenvalue weighted by Crippen LogP contribution is -2.39. The molecule has 2 bridgehead atoms. The molecule has 2 fully saturated rings. The fourth-order valence-electron chi connectivity index (χ4n) is 4.79. The number of piperidine rings is 1. The molecule has 1 aromatic carbocycles. The minimum atomic E-state index is -3.93. The van der Waals surface area contributed by atoms with E-state index in [2.05, 4.69) is 10.0 Å². The average molecular weight is 392 g/mol. The van der Waals surface area contributed by atoms with E-state index in [1.165, 1.54) is 13.2 Å². The number of ether oxygens (including phenoxy) is 1. The SMILES string of the molecule is COC(=O)C1Cc2ccc(S(=O)(=O)NC(=O)C3CC4CNCC3C4)cc2C1. The highest BCUT2D eigenvalue weighted by atomic mass is 32.2. The smallest absolute Gasteiger partial charge is 0.309 e. The maximum atomic E-state index is 12.7. The molecule has 4 unspecified atom stereocenters. The quantitative estimate of drug-likeness (QED) is 0.729. The Balaban J connectivity index is 1.49. The van der Waals surface area contributed by atoms with Crippen molar-refractivity contribution in [2.75, 3.05) is 20.2 Å². The van der Waals surface area contributed by atoms with Gasteiger partial charge in [-0.2, -0.15) is 0 Å². The van der Waals surface area contributed by atoms with E-state index in [1.54, 1.807) is 12.1 Å². The molecule has 1 saturated carbocycles. The first kappa shape index (κ1) is 18.4. The van der Waals surface area contributed by atoms with E-state index in [-0.39, 0.29) is 28.6 Å². The van der Waals surface area contributed by atoms with Crippen LogP contribution in [-0.4, -0.2) is 40.5 Å². The number of carbonyl (C=O) groups is 2. The monoisotopic (exact) mass is 392 g/mol. The van der Waals surface area contributed by atoms with E-state index in [0.29, 0.717) is 18.8 Å². The summed E-state index contributed by atoms with van der Waals surface area (Å²) in [4.78, 5) is 24.4. The van der Waals surface area contributed by atoms with Gasteiger partial charge < -0.3 is 10.1 Å². The Morgan fingerprint density at radius 1 is 1.15 bits per heavy atom. The second kappa shape index (κ2) is 6.91. The fourth-order valence-corrected chi connectivity index (χ4v) is 5.87. The molecule has 0 aromatic heterocycles. The minimum absolute atomic E-state index is 0.0687. The molecule has 1 amide bonds. The Labute approximate surface area is 158 Å². The molecule has 7 nitrogen and oxygen atoms in total. The van der Waals surface area contributed by atoms with Crippen LogP contribution in [0, 0.1) is 23.7 Å². The minimum Gasteiger partial charge on any atom is -0.469 e. The van der Waals surface area contributed by atoms with Gasteiger partial charge in [0.25, 0.3) is 10.0 Å². The van der Waals surface area contributed by atoms with Crippen LogP contribution in [-0.2, 0) is 37.2 Å². The van der Waals surface area contributed by atoms with Gasteiger partial charge in [-0.15, -0.1) is 0 Å². The van der Waals surface area contributed by atoms with Crippen molar-refractivity contribution in [3.05, 3.63) is 29.3 Å². The van der Waals surface area contributed by atoms with Crippen LogP contribution in [0.15, 0.2) is 23.1 Å². The summed E-state index contributed by atoms with van der Waals surface area (Å²) >= 11 is 0. The lowest BCUT2D eigenvalue weighted by molar-refractivity contribution is -0.145. The number of hydrogen-bond acceptors (Lipinski definition) is 6. The van der Waals surface area contributed by atoms with Crippen molar-refractivity contribution in [1.82, 2.24) is 10.0 Å². The molecule has 0 radical (unpaired) electrons. The first-order chi connectivity index (χ1) is 12.9. The second-order valence-corrected chi connectivity index (χ2v) is 9.57. The summed E-state index contributed by atoms with van der Waals surface area (Å²) in [6.07, 6.45) is 2.73. The summed E-state index contributed by atoms with van der Waals surface area (Å²) in [6.45, 7) is 1.67. The van der Waals surface area contributed by atoms with Gasteiger partial charge in [0.15, 0.2) is 0 Å². The first-order valence-electron chi connectivity index (χ1n) is 9.34. The van der Waals surface area contributed by atoms with Gasteiger partial charge in [-0.25, -0.2) is 13.1 Å². The molecule has 0 spiro atoms. The summed E-state index contributed by atoms with van der Waals surface area (Å²) in [5.41, 5.74) is 1.77. The third-order valence-electron chi connectivity index (χ3n) is 6.16. The van der Waals surface area contributed by atoms with Gasteiger partial charge in [-0.3, -0.25) is 9.59 Å². The highest BCUT2D eigenvalue weighted by Gasteiger charge is 2.42. The van der Waals surface area contributed by atoms with Crippen LogP contribution in [0.25, 0.3) is 0 Å². The number of amides is 1. The van der Waals surface area contributed by atoms with Crippen LogP contribution in [0.3, 0.4) is 0 Å². The van der Waals surface area contributed by atoms with Gasteiger partial charge in [0, 0.05) is 5.92 Å². The third-order valence-corrected chi connectivity index (χ3v) is 7.50. The Bertz CT molecular complexity index is 882. The maximum Gasteiger partial charge on any atom is 0.309 e. The molecule has 1 aromatic rings. The molecular weight excluding hydrogens is 368 g/mol. The highest BCUT2D eigenvalue weighted by molar-refractivity contribution is 7.90. The van der Waals surface area contributed by atoms with Crippen LogP contribution in [0.2, 0.25) is 0 Å². The van der Waals surface area contributed by atoms with E-state index in [4.69, 9.17) is 4.74 Å². The molecule has 1 saturated heterocycles. The molecule has 3 aliphatic rings. The molecule has 8 heteroatoms. The number of benzene rings is 1. The molecule has 2 aliphatic carbocycles. The number of sulfonamides is 1. The summed E-state index contributed by atoms with van der Waals surface area (Å²) in [6, 6.07) is 4.80. The van der Waals surface area contributed by atoms with E-state index in [0.717, 1.165) is 37.1 Å². The molecule has 1 heterocycles. The zero-order valence-corrected chi connectivity index (χ0v) is 16.1. The number of fused-ring (bicyclic) bond motifs is 3. The van der Waals surface area contributed by atoms with Crippen LogP contribution >= 0.6 is 0 Å². The largest absolute Gasteiger partial charge is 0.469 e. The molecule has 4 atom stereocenters. The lowest BCUT2D eigenvalue weighted by Gasteiger charge is -2.21. The zero-order valence-electron chi connectivity index (χ0n) is 15.2. The van der Waals surface area contributed by atoms with Gasteiger partial charge in [0.05, 0.1) is 17.9 Å². The van der Waals surface area contributed by atoms with Crippen LogP contribution in [0.4, 0.5) is 0 Å². The van der Waals surface area contributed by atoms with Gasteiger partial charge in [0.1, 0.15) is 0 Å². The second-order valence-electron chi connectivity index (χ2n) is 7.89. The molecule has 146 valence electrons. The number of carbonyl (C=O) groups excluding carboxylic acids is 2. The van der Waals surface area contributed by atoms with Crippen molar-refractivity contribution in [3.8, 4) is 0 Å². The van der Waals surface area contributed by atoms with Gasteiger partial charge in [-0.05, 0) is 73.9 Å². The van der Waals surface area contributed by atoms with Crippen LogP contribution in [0.5, 0.6) is 0 Å². The van der Waals surface area contributed by atoms with Crippen LogP contribution < -0.4 is 10.0 Å². The summed E-state index contributed by atoms with van der Waals surface area (Å²) in [5.74, 6) is -0.554. The van der Waals surface area contributed by atoms with E-state index >= 15 is 0 Å². The number of esters is 1. The lowest BCUT2D eigenvalue weighted by atomic mass is 9.95. The molecule has 27 heavy (non-hydrogen) atoms. The Hall–Kier alpha value is -1.93. The predicted molar refractivity (Wildman–Crippen MR) is 97.3 cm³/mol. The van der Waals surface area contributed by atoms with E-state index < -0.39 is 15.9 Å². The topological polar surface area (TPSA) is 102 Å². The highest BCUT2D eigenvalue weighted by Crippen LogP contribution is 2.38. The summed E-state index contributed by atoms with van der Waals surface area (Å²) in [5, 5.41) is 3.31. The van der Waals surface area contributed by atoms with E-state index in [1.807, 2.05) is 0 Å². The maximum absolute atomic E-state index is 12.7. The summed E-state index contributed by atoms with van der Waals surface area (Å²) < 4.78 is 32.5. The standard InChI is InChI=1S/C19H24N2O5S/c1-26-19(23)14-6-12-2-3-16(8-13(12)7-14)27(24,25)21-18(22)17-5-11-4-15(17)10-20-9-11/h2-3,8,11,14-15,17,20H,4-7,9-10H2,1H3,(H,21,22). The normalized spacial score (nSPS) is 29.2. The van der Waals surface area contributed by atoms with Gasteiger partial charge >= 0.3 is 5.97 Å². The number of nitrogens with one attached hydrogen (secondary N) is 2. The molecular formula is C19H24N2O5S. The third kappa shape index (κ3) is 3.48. The molecule has 2 N–H and O–H groups in total. The zero-order chi connectivity index (χ0) is 19.2. The number of methoxy groups -OCH3 is 1. The number of hydrogen-bond donors (Lipinski definition) is 2. The van der Waals surface area contributed by atoms with Crippen LogP contribution in [0.1, 0.15) is 24.0 Å². The molecule has 4 rings (SSSR count). The van der Waals surface area contributed by atoms with Gasteiger partial charge in [0.2, 0.25) is 5.91 Å². The van der Waals surface area contributed by atoms with E-state index in [9.17, 15) is 18.0 Å². The van der Waals surface area contributed by atoms with Gasteiger partial charge in [-0.1, -0.05) is 6.07 Å². The Morgan fingerprint density at radius 3 is 2.67 bits per heavy atom. The van der Waals surface area contributed by atoms with Crippen molar-refractivity contribution >= 4 is 21.9 Å². The average Bonchev–Trinajstić information content (AvgIpc) is 3.20. The Kier molecular flexibility index (Phi) is 4.71. The number of rotatable bonds is 4. The summed E-state index contributed by atoms with van der Waals surface area (Å²) in [7, 11) is -2.58. The fraction of sp³-hybridized carbons (Fsp3) is 0.579. The van der Waals surface area contributed by atoms with Crippen molar-refractivity contribution < 1.29 is 22.7 Å². The molecule has 1 aliphatic heterocycles. The predicted octanol–water partition coefficient (Wildman–Crippen LogP) is 0.625. The van der Waals surface area contributed by atoms with Crippen molar-refractivity contribution in [2.45, 2.75) is 30.6 Å².